The average Bonchev–Trinajstić information content (AvgIpc) is 2.83. The minimum absolute atomic E-state index is 0.850. The van der Waals surface area contributed by atoms with Crippen molar-refractivity contribution < 1.29 is 0 Å². The molecule has 0 amide bonds. The van der Waals surface area contributed by atoms with Crippen molar-refractivity contribution >= 4 is 22.9 Å². The second-order valence-electron chi connectivity index (χ2n) is 5.10. The fraction of sp³-hybridized carbons (Fsp3) is 0.240. The van der Waals surface area contributed by atoms with Gasteiger partial charge in [-0.2, -0.15) is 0 Å². The highest BCUT2D eigenvalue weighted by molar-refractivity contribution is 6.04. The van der Waals surface area contributed by atoms with Crippen LogP contribution in [0, 0.1) is 0 Å². The number of hydrogen-bond donors (Lipinski definition) is 1. The molecule has 0 radical (unpaired) electrons. The van der Waals surface area contributed by atoms with E-state index < -0.39 is 0 Å². The summed E-state index contributed by atoms with van der Waals surface area (Å²) in [5.41, 5.74) is 7.59. The maximum Gasteiger partial charge on any atom is 0.152 e. The predicted octanol–water partition coefficient (Wildman–Crippen LogP) is 7.50. The van der Waals surface area contributed by atoms with Gasteiger partial charge in [0.15, 0.2) is 5.84 Å². The topological polar surface area (TPSA) is 27.6 Å². The van der Waals surface area contributed by atoms with Gasteiger partial charge < -0.3 is 0 Å². The van der Waals surface area contributed by atoms with Gasteiger partial charge in [0.05, 0.1) is 17.1 Å². The van der Waals surface area contributed by atoms with Gasteiger partial charge in [0.25, 0.3) is 0 Å². The standard InChI is InChI=1S/C19H15N3.3C2H6/c1-3-9-15(10-4-1)19-20-17-13-7-8-14-18(17)22(21-19)16-11-5-2-6-12-16;3*1-2/h1-14H,(H,20,21);3*1-2H3. The van der Waals surface area contributed by atoms with Crippen LogP contribution < -0.4 is 10.4 Å². The number of nitrogens with zero attached hydrogens (tertiary/aromatic N) is 2. The van der Waals surface area contributed by atoms with E-state index in [9.17, 15) is 0 Å². The normalized spacial score (nSPS) is 10.9. The molecule has 3 aromatic carbocycles. The number of rotatable bonds is 2. The highest BCUT2D eigenvalue weighted by Gasteiger charge is 2.20. The Morgan fingerprint density at radius 2 is 1.11 bits per heavy atom. The molecule has 0 atom stereocenters. The molecule has 0 saturated carbocycles. The highest BCUT2D eigenvalue weighted by Crippen LogP contribution is 2.35. The van der Waals surface area contributed by atoms with Crippen LogP contribution in [0.1, 0.15) is 47.1 Å². The lowest BCUT2D eigenvalue weighted by molar-refractivity contribution is 0.914. The van der Waals surface area contributed by atoms with Crippen molar-refractivity contribution in [3.05, 3.63) is 90.5 Å². The maximum atomic E-state index is 4.76. The van der Waals surface area contributed by atoms with Gasteiger partial charge in [-0.3, -0.25) is 10.4 Å². The van der Waals surface area contributed by atoms with Gasteiger partial charge in [-0.25, -0.2) is 4.99 Å². The molecule has 3 heteroatoms. The summed E-state index contributed by atoms with van der Waals surface area (Å²) in [5.74, 6) is 0.850. The Morgan fingerprint density at radius 3 is 1.71 bits per heavy atom. The van der Waals surface area contributed by atoms with Gasteiger partial charge in [0, 0.05) is 5.56 Å². The van der Waals surface area contributed by atoms with Crippen LogP contribution in [0.15, 0.2) is 89.9 Å². The number of anilines is 2. The monoisotopic (exact) mass is 375 g/mol. The average molecular weight is 376 g/mol. The second kappa shape index (κ2) is 13.2. The summed E-state index contributed by atoms with van der Waals surface area (Å²) < 4.78 is 0. The minimum Gasteiger partial charge on any atom is -0.276 e. The van der Waals surface area contributed by atoms with Gasteiger partial charge in [0.1, 0.15) is 0 Å². The lowest BCUT2D eigenvalue weighted by atomic mass is 10.1. The van der Waals surface area contributed by atoms with E-state index in [1.54, 1.807) is 0 Å². The number of amidine groups is 1. The van der Waals surface area contributed by atoms with Crippen LogP contribution >= 0.6 is 0 Å². The molecule has 1 aliphatic rings. The van der Waals surface area contributed by atoms with Crippen LogP contribution in [0.25, 0.3) is 0 Å². The zero-order chi connectivity index (χ0) is 20.8. The Kier molecular flexibility index (Phi) is 10.8. The molecule has 4 rings (SSSR count). The number of aliphatic imine (C=N–C) groups is 1. The van der Waals surface area contributed by atoms with E-state index in [1.807, 2.05) is 96.1 Å². The SMILES string of the molecule is CC.CC.CC.c1ccc(C2=Nc3ccccc3N(c3ccccc3)N2)cc1. The molecule has 0 aliphatic carbocycles. The fourth-order valence-corrected chi connectivity index (χ4v) is 2.57. The van der Waals surface area contributed by atoms with Crippen molar-refractivity contribution in [3.63, 3.8) is 0 Å². The largest absolute Gasteiger partial charge is 0.276 e. The second-order valence-corrected chi connectivity index (χ2v) is 5.10. The Hall–Kier alpha value is -3.07. The maximum absolute atomic E-state index is 4.76. The molecule has 3 nitrogen and oxygen atoms in total. The Morgan fingerprint density at radius 1 is 0.607 bits per heavy atom. The van der Waals surface area contributed by atoms with Crippen LogP contribution in [0.2, 0.25) is 0 Å². The fourth-order valence-electron chi connectivity index (χ4n) is 2.57. The van der Waals surface area contributed by atoms with Crippen LogP contribution in [0.5, 0.6) is 0 Å². The smallest absolute Gasteiger partial charge is 0.152 e. The molecule has 3 aromatic rings. The number of benzene rings is 3. The molecule has 0 saturated heterocycles. The van der Waals surface area contributed by atoms with E-state index in [-0.39, 0.29) is 0 Å². The van der Waals surface area contributed by atoms with Gasteiger partial charge in [-0.05, 0) is 24.3 Å². The molecule has 0 unspecified atom stereocenters. The Labute approximate surface area is 170 Å². The van der Waals surface area contributed by atoms with Crippen molar-refractivity contribution in [3.8, 4) is 0 Å². The number of hydrogen-bond acceptors (Lipinski definition) is 3. The Balaban J connectivity index is 0.000000599. The third-order valence-corrected chi connectivity index (χ3v) is 3.63. The van der Waals surface area contributed by atoms with Gasteiger partial charge in [-0.15, -0.1) is 0 Å². The molecule has 28 heavy (non-hydrogen) atoms. The summed E-state index contributed by atoms with van der Waals surface area (Å²) in [6.45, 7) is 12.0. The van der Waals surface area contributed by atoms with E-state index in [0.29, 0.717) is 0 Å². The van der Waals surface area contributed by atoms with Crippen LogP contribution in [0.4, 0.5) is 17.1 Å². The number of fused-ring (bicyclic) bond motifs is 1. The van der Waals surface area contributed by atoms with E-state index in [0.717, 1.165) is 28.5 Å². The van der Waals surface area contributed by atoms with Crippen molar-refractivity contribution in [1.29, 1.82) is 0 Å². The minimum atomic E-state index is 0.850. The molecule has 0 aromatic heterocycles. The van der Waals surface area contributed by atoms with E-state index in [4.69, 9.17) is 4.99 Å². The lowest BCUT2D eigenvalue weighted by Gasteiger charge is -2.31. The van der Waals surface area contributed by atoms with Gasteiger partial charge >= 0.3 is 0 Å². The summed E-state index contributed by atoms with van der Waals surface area (Å²) >= 11 is 0. The molecule has 0 spiro atoms. The van der Waals surface area contributed by atoms with E-state index in [1.165, 1.54) is 0 Å². The zero-order valence-corrected chi connectivity index (χ0v) is 18.0. The van der Waals surface area contributed by atoms with Crippen molar-refractivity contribution in [2.45, 2.75) is 41.5 Å². The zero-order valence-electron chi connectivity index (χ0n) is 18.0. The summed E-state index contributed by atoms with van der Waals surface area (Å²) in [5, 5.41) is 2.07. The first-order valence-corrected chi connectivity index (χ1v) is 10.3. The number of nitrogens with one attached hydrogen (secondary N) is 1. The molecular weight excluding hydrogens is 342 g/mol. The molecular formula is C25H33N3. The Bertz CT molecular complexity index is 811. The van der Waals surface area contributed by atoms with E-state index >= 15 is 0 Å². The summed E-state index contributed by atoms with van der Waals surface area (Å²) in [6, 6.07) is 28.6. The quantitative estimate of drug-likeness (QED) is 0.502. The molecule has 0 fully saturated rings. The van der Waals surface area contributed by atoms with Gasteiger partial charge in [-0.1, -0.05) is 102 Å². The summed E-state index contributed by atoms with van der Waals surface area (Å²) in [6.07, 6.45) is 0. The third kappa shape index (κ3) is 5.71. The third-order valence-electron chi connectivity index (χ3n) is 3.63. The molecule has 1 heterocycles. The number of hydrazine groups is 1. The molecule has 1 aliphatic heterocycles. The van der Waals surface area contributed by atoms with Crippen LogP contribution in [0.3, 0.4) is 0 Å². The molecule has 1 N–H and O–H groups in total. The van der Waals surface area contributed by atoms with Crippen LogP contribution in [-0.2, 0) is 0 Å². The first-order chi connectivity index (χ1) is 13.9. The van der Waals surface area contributed by atoms with E-state index in [2.05, 4.69) is 40.8 Å². The summed E-state index contributed by atoms with van der Waals surface area (Å²) in [4.78, 5) is 4.76. The van der Waals surface area contributed by atoms with Crippen LogP contribution in [-0.4, -0.2) is 5.84 Å². The lowest BCUT2D eigenvalue weighted by Crippen LogP contribution is -2.41. The summed E-state index contributed by atoms with van der Waals surface area (Å²) in [7, 11) is 0. The van der Waals surface area contributed by atoms with Crippen molar-refractivity contribution in [2.24, 2.45) is 4.99 Å². The van der Waals surface area contributed by atoms with Crippen molar-refractivity contribution in [2.75, 3.05) is 5.01 Å². The molecule has 148 valence electrons. The van der Waals surface area contributed by atoms with Crippen molar-refractivity contribution in [1.82, 2.24) is 5.43 Å². The van der Waals surface area contributed by atoms with Gasteiger partial charge in [0.2, 0.25) is 0 Å². The number of para-hydroxylation sites is 3. The highest BCUT2D eigenvalue weighted by atomic mass is 15.5. The first-order valence-electron chi connectivity index (χ1n) is 10.3. The predicted molar refractivity (Wildman–Crippen MR) is 125 cm³/mol. The molecule has 0 bridgehead atoms. The first kappa shape index (κ1) is 23.0.